The Morgan fingerprint density at radius 3 is 2.56 bits per heavy atom. The van der Waals surface area contributed by atoms with Gasteiger partial charge in [-0.3, -0.25) is 19.7 Å². The highest BCUT2D eigenvalue weighted by Gasteiger charge is 2.39. The summed E-state index contributed by atoms with van der Waals surface area (Å²) in [5.74, 6) is -1.54. The molecule has 1 heterocycles. The van der Waals surface area contributed by atoms with Crippen molar-refractivity contribution in [1.82, 2.24) is 15.5 Å². The summed E-state index contributed by atoms with van der Waals surface area (Å²) in [5, 5.41) is 4.64. The van der Waals surface area contributed by atoms with Crippen LogP contribution in [0.3, 0.4) is 0 Å². The van der Waals surface area contributed by atoms with Crippen LogP contribution < -0.4 is 10.6 Å². The maximum absolute atomic E-state index is 12.1. The molecule has 2 fully saturated rings. The van der Waals surface area contributed by atoms with E-state index >= 15 is 0 Å². The second-order valence-electron chi connectivity index (χ2n) is 7.15. The maximum atomic E-state index is 12.1. The first-order chi connectivity index (χ1) is 11.9. The van der Waals surface area contributed by atoms with E-state index in [4.69, 9.17) is 4.74 Å². The number of amides is 4. The first-order valence-corrected chi connectivity index (χ1v) is 8.90. The number of rotatable bonds is 6. The zero-order chi connectivity index (χ0) is 18.4. The molecule has 25 heavy (non-hydrogen) atoms. The number of hydrogen-bond acceptors (Lipinski definition) is 5. The summed E-state index contributed by atoms with van der Waals surface area (Å²) in [5.41, 5.74) is 0. The molecular formula is C17H27N3O5. The fraction of sp³-hybridized carbons (Fsp3) is 0.765. The van der Waals surface area contributed by atoms with E-state index < -0.39 is 30.4 Å². The van der Waals surface area contributed by atoms with E-state index in [0.717, 1.165) is 25.7 Å². The number of likely N-dealkylation sites (tertiary alicyclic amines) is 1. The molecule has 2 aliphatic rings. The quantitative estimate of drug-likeness (QED) is 0.687. The summed E-state index contributed by atoms with van der Waals surface area (Å²) in [7, 11) is 0. The number of esters is 1. The van der Waals surface area contributed by atoms with E-state index in [1.165, 1.54) is 0 Å². The Hall–Kier alpha value is -2.12. The van der Waals surface area contributed by atoms with Gasteiger partial charge in [-0.1, -0.05) is 26.7 Å². The highest BCUT2D eigenvalue weighted by Crippen LogP contribution is 2.29. The minimum absolute atomic E-state index is 0.0219. The number of carbonyl (C=O) groups is 4. The standard InChI is InChI=1S/C17H27N3O5/c1-11(2)8-18-17(24)19-14(21)10-25-16(23)12-7-15(22)20(9-12)13-5-3-4-6-13/h11-13H,3-10H2,1-2H3,(H2,18,19,21,24)/t12-/m1/s1. The molecule has 8 heteroatoms. The lowest BCUT2D eigenvalue weighted by molar-refractivity contribution is -0.152. The molecule has 1 aliphatic heterocycles. The Morgan fingerprint density at radius 2 is 1.92 bits per heavy atom. The van der Waals surface area contributed by atoms with E-state index in [2.05, 4.69) is 10.6 Å². The van der Waals surface area contributed by atoms with Crippen molar-refractivity contribution in [1.29, 1.82) is 0 Å². The molecule has 1 saturated heterocycles. The lowest BCUT2D eigenvalue weighted by atomic mass is 10.1. The molecule has 0 aromatic heterocycles. The average Bonchev–Trinajstić information content (AvgIpc) is 3.19. The van der Waals surface area contributed by atoms with Crippen molar-refractivity contribution in [3.8, 4) is 0 Å². The third kappa shape index (κ3) is 5.72. The second-order valence-corrected chi connectivity index (χ2v) is 7.15. The number of urea groups is 1. The van der Waals surface area contributed by atoms with Crippen molar-refractivity contribution in [2.45, 2.75) is 52.0 Å². The van der Waals surface area contributed by atoms with Crippen LogP contribution in [-0.2, 0) is 19.1 Å². The van der Waals surface area contributed by atoms with Gasteiger partial charge in [0.2, 0.25) is 5.91 Å². The predicted octanol–water partition coefficient (Wildman–Crippen LogP) is 0.803. The molecule has 0 aromatic carbocycles. The van der Waals surface area contributed by atoms with Crippen molar-refractivity contribution < 1.29 is 23.9 Å². The summed E-state index contributed by atoms with van der Waals surface area (Å²) in [6.45, 7) is 4.14. The molecule has 0 radical (unpaired) electrons. The normalized spacial score (nSPS) is 20.8. The smallest absolute Gasteiger partial charge is 0.321 e. The predicted molar refractivity (Wildman–Crippen MR) is 89.4 cm³/mol. The van der Waals surface area contributed by atoms with Crippen molar-refractivity contribution >= 4 is 23.8 Å². The molecule has 2 rings (SSSR count). The van der Waals surface area contributed by atoms with Crippen LogP contribution in [0.5, 0.6) is 0 Å². The first kappa shape index (κ1) is 19.2. The van der Waals surface area contributed by atoms with Gasteiger partial charge >= 0.3 is 12.0 Å². The van der Waals surface area contributed by atoms with E-state index in [-0.39, 0.29) is 24.3 Å². The number of carbonyl (C=O) groups excluding carboxylic acids is 4. The number of hydrogen-bond donors (Lipinski definition) is 2. The zero-order valence-corrected chi connectivity index (χ0v) is 14.9. The molecule has 1 atom stereocenters. The molecule has 4 amide bonds. The zero-order valence-electron chi connectivity index (χ0n) is 14.9. The fourth-order valence-corrected chi connectivity index (χ4v) is 3.22. The second kappa shape index (κ2) is 8.82. The van der Waals surface area contributed by atoms with Gasteiger partial charge in [-0.05, 0) is 18.8 Å². The van der Waals surface area contributed by atoms with Crippen molar-refractivity contribution in [3.05, 3.63) is 0 Å². The molecule has 0 unspecified atom stereocenters. The Morgan fingerprint density at radius 1 is 1.24 bits per heavy atom. The largest absolute Gasteiger partial charge is 0.455 e. The van der Waals surface area contributed by atoms with Gasteiger partial charge in [0.25, 0.3) is 5.91 Å². The van der Waals surface area contributed by atoms with Crippen LogP contribution in [0.25, 0.3) is 0 Å². The lowest BCUT2D eigenvalue weighted by Gasteiger charge is -2.23. The SMILES string of the molecule is CC(C)CNC(=O)NC(=O)COC(=O)[C@@H]1CC(=O)N(C2CCCC2)C1. The van der Waals surface area contributed by atoms with Crippen molar-refractivity contribution in [2.75, 3.05) is 19.7 Å². The van der Waals surface area contributed by atoms with E-state index in [1.54, 1.807) is 4.90 Å². The number of nitrogens with one attached hydrogen (secondary N) is 2. The van der Waals surface area contributed by atoms with Gasteiger partial charge in [-0.15, -0.1) is 0 Å². The third-order valence-electron chi connectivity index (χ3n) is 4.53. The third-order valence-corrected chi connectivity index (χ3v) is 4.53. The topological polar surface area (TPSA) is 105 Å². The highest BCUT2D eigenvalue weighted by molar-refractivity contribution is 5.96. The summed E-state index contributed by atoms with van der Waals surface area (Å²) < 4.78 is 4.96. The van der Waals surface area contributed by atoms with E-state index in [1.807, 2.05) is 13.8 Å². The molecule has 0 bridgehead atoms. The molecule has 8 nitrogen and oxygen atoms in total. The van der Waals surface area contributed by atoms with E-state index in [0.29, 0.717) is 13.1 Å². The first-order valence-electron chi connectivity index (χ1n) is 8.90. The van der Waals surface area contributed by atoms with Crippen LogP contribution in [-0.4, -0.2) is 54.5 Å². The highest BCUT2D eigenvalue weighted by atomic mass is 16.5. The molecule has 0 spiro atoms. The number of nitrogens with zero attached hydrogens (tertiary/aromatic N) is 1. The molecule has 140 valence electrons. The number of ether oxygens (including phenoxy) is 1. The van der Waals surface area contributed by atoms with Gasteiger partial charge in [-0.2, -0.15) is 0 Å². The summed E-state index contributed by atoms with van der Waals surface area (Å²) in [6.07, 6.45) is 4.33. The Kier molecular flexibility index (Phi) is 6.78. The van der Waals surface area contributed by atoms with Gasteiger partial charge in [0.1, 0.15) is 0 Å². The summed E-state index contributed by atoms with van der Waals surface area (Å²) >= 11 is 0. The van der Waals surface area contributed by atoms with E-state index in [9.17, 15) is 19.2 Å². The lowest BCUT2D eigenvalue weighted by Crippen LogP contribution is -2.42. The van der Waals surface area contributed by atoms with Crippen LogP contribution in [0.2, 0.25) is 0 Å². The molecule has 1 saturated carbocycles. The Bertz CT molecular complexity index is 528. The van der Waals surface area contributed by atoms with Gasteiger partial charge in [0.15, 0.2) is 6.61 Å². The maximum Gasteiger partial charge on any atom is 0.321 e. The monoisotopic (exact) mass is 353 g/mol. The minimum Gasteiger partial charge on any atom is -0.455 e. The molecular weight excluding hydrogens is 326 g/mol. The van der Waals surface area contributed by atoms with Gasteiger partial charge in [0, 0.05) is 25.6 Å². The van der Waals surface area contributed by atoms with Crippen LogP contribution >= 0.6 is 0 Å². The van der Waals surface area contributed by atoms with Crippen molar-refractivity contribution in [3.63, 3.8) is 0 Å². The van der Waals surface area contributed by atoms with Crippen molar-refractivity contribution in [2.24, 2.45) is 11.8 Å². The van der Waals surface area contributed by atoms with Gasteiger partial charge < -0.3 is 15.0 Å². The van der Waals surface area contributed by atoms with Gasteiger partial charge in [0.05, 0.1) is 5.92 Å². The Balaban J connectivity index is 1.70. The van der Waals surface area contributed by atoms with Crippen LogP contribution in [0.15, 0.2) is 0 Å². The van der Waals surface area contributed by atoms with Gasteiger partial charge in [-0.25, -0.2) is 4.79 Å². The summed E-state index contributed by atoms with van der Waals surface area (Å²) in [4.78, 5) is 49.0. The Labute approximate surface area is 147 Å². The average molecular weight is 353 g/mol. The number of imide groups is 1. The molecule has 1 aliphatic carbocycles. The molecule has 2 N–H and O–H groups in total. The summed E-state index contributed by atoms with van der Waals surface area (Å²) in [6, 6.07) is -0.378. The van der Waals surface area contributed by atoms with Crippen LogP contribution in [0.1, 0.15) is 46.0 Å². The minimum atomic E-state index is -0.688. The van der Waals surface area contributed by atoms with Crippen LogP contribution in [0.4, 0.5) is 4.79 Å². The van der Waals surface area contributed by atoms with Crippen LogP contribution in [0, 0.1) is 11.8 Å². The fourth-order valence-electron chi connectivity index (χ4n) is 3.22. The molecule has 0 aromatic rings.